The third kappa shape index (κ3) is 44.5. The number of rotatable bonds is 54. The second-order valence-corrected chi connectivity index (χ2v) is 22.1. The Morgan fingerprint density at radius 3 is 1.36 bits per heavy atom. The fourth-order valence-electron chi connectivity index (χ4n) is 9.51. The summed E-state index contributed by atoms with van der Waals surface area (Å²) in [7, 11) is 0. The lowest BCUT2D eigenvalue weighted by Gasteiger charge is -2.41. The Morgan fingerprint density at radius 1 is 0.494 bits per heavy atom. The van der Waals surface area contributed by atoms with Crippen molar-refractivity contribution in [2.45, 2.75) is 307 Å². The van der Waals surface area contributed by atoms with Gasteiger partial charge in [-0.3, -0.25) is 9.59 Å². The van der Waals surface area contributed by atoms with Crippen LogP contribution in [0.25, 0.3) is 0 Å². The van der Waals surface area contributed by atoms with E-state index in [1.807, 2.05) is 6.08 Å². The molecule has 0 aromatic heterocycles. The van der Waals surface area contributed by atoms with E-state index < -0.39 is 67.4 Å². The molecule has 0 radical (unpaired) electrons. The standard InChI is InChI=1S/C70H119NO10/c1-4-7-10-13-16-19-22-24-26-28-29-30-31-32-33-34-36-37-39-42-45-48-51-54-57-63(74)69(78)71-61(62(73)56-53-50-47-44-41-21-18-15-12-9-6-3)60-79-70-68(67(77)66(76)64(59-72)80-70)81-65(75)58-55-52-49-46-43-40-38-35-27-25-23-20-17-14-11-8-5-2/h7,10,16-17,19-20,24-27,29-30,32-33,36-37,53,56,61-64,66-68,70,72-74,76-77H,4-6,8-9,11-15,18,21-23,28,31,34-35,38-52,54-55,57-60H2,1-3H3,(H,71,78)/b10-7-,19-16-,20-17-,26-24-,27-25-,30-29-,33-32-,37-36-,56-53+. The highest BCUT2D eigenvalue weighted by Crippen LogP contribution is 2.26. The van der Waals surface area contributed by atoms with Crippen molar-refractivity contribution in [1.82, 2.24) is 5.32 Å². The van der Waals surface area contributed by atoms with Crippen molar-refractivity contribution in [3.05, 3.63) is 109 Å². The van der Waals surface area contributed by atoms with E-state index in [9.17, 15) is 35.1 Å². The van der Waals surface area contributed by atoms with Gasteiger partial charge in [-0.1, -0.05) is 252 Å². The topological polar surface area (TPSA) is 175 Å². The van der Waals surface area contributed by atoms with Crippen LogP contribution in [0.15, 0.2) is 109 Å². The fourth-order valence-corrected chi connectivity index (χ4v) is 9.51. The molecule has 11 heteroatoms. The molecule has 1 aliphatic rings. The van der Waals surface area contributed by atoms with Crippen molar-refractivity contribution < 1.29 is 49.3 Å². The van der Waals surface area contributed by atoms with Crippen LogP contribution in [0.5, 0.6) is 0 Å². The maximum Gasteiger partial charge on any atom is 0.306 e. The van der Waals surface area contributed by atoms with Crippen LogP contribution in [-0.2, 0) is 23.8 Å². The summed E-state index contributed by atoms with van der Waals surface area (Å²) in [5.41, 5.74) is 0. The minimum atomic E-state index is -1.63. The van der Waals surface area contributed by atoms with Crippen LogP contribution in [0.4, 0.5) is 0 Å². The Labute approximate surface area is 494 Å². The van der Waals surface area contributed by atoms with Crippen molar-refractivity contribution in [3.8, 4) is 0 Å². The van der Waals surface area contributed by atoms with E-state index in [1.165, 1.54) is 77.0 Å². The monoisotopic (exact) mass is 1130 g/mol. The first-order valence-corrected chi connectivity index (χ1v) is 32.7. The molecule has 11 nitrogen and oxygen atoms in total. The van der Waals surface area contributed by atoms with Gasteiger partial charge in [-0.15, -0.1) is 0 Å². The molecule has 0 spiro atoms. The highest BCUT2D eigenvalue weighted by atomic mass is 16.7. The highest BCUT2D eigenvalue weighted by Gasteiger charge is 2.47. The molecule has 0 aliphatic carbocycles. The third-order valence-corrected chi connectivity index (χ3v) is 14.7. The first kappa shape index (κ1) is 75.3. The molecule has 0 saturated carbocycles. The summed E-state index contributed by atoms with van der Waals surface area (Å²) in [6.45, 7) is 5.63. The number of aliphatic hydroxyl groups is 5. The predicted molar refractivity (Wildman–Crippen MR) is 338 cm³/mol. The van der Waals surface area contributed by atoms with Crippen LogP contribution >= 0.6 is 0 Å². The Bertz CT molecular complexity index is 1730. The number of nitrogens with one attached hydrogen (secondary N) is 1. The quantitative estimate of drug-likeness (QED) is 0.0195. The second-order valence-electron chi connectivity index (χ2n) is 22.1. The zero-order chi connectivity index (χ0) is 58.9. The van der Waals surface area contributed by atoms with Crippen molar-refractivity contribution in [2.24, 2.45) is 0 Å². The number of amides is 1. The van der Waals surface area contributed by atoms with Gasteiger partial charge >= 0.3 is 5.97 Å². The lowest BCUT2D eigenvalue weighted by atomic mass is 9.99. The molecule has 8 atom stereocenters. The highest BCUT2D eigenvalue weighted by molar-refractivity contribution is 5.80. The molecule has 1 heterocycles. The van der Waals surface area contributed by atoms with E-state index in [-0.39, 0.29) is 19.4 Å². The molecule has 0 aromatic carbocycles. The average molecular weight is 1130 g/mol. The number of carbonyl (C=O) groups is 2. The summed E-state index contributed by atoms with van der Waals surface area (Å²) in [6.07, 6.45) is 66.9. The number of allylic oxidation sites excluding steroid dienone is 17. The van der Waals surface area contributed by atoms with E-state index in [1.54, 1.807) is 6.08 Å². The zero-order valence-electron chi connectivity index (χ0n) is 51.4. The predicted octanol–water partition coefficient (Wildman–Crippen LogP) is 16.1. The molecule has 1 fully saturated rings. The van der Waals surface area contributed by atoms with Crippen LogP contribution in [0.1, 0.15) is 258 Å². The Balaban J connectivity index is 2.64. The maximum absolute atomic E-state index is 13.4. The minimum Gasteiger partial charge on any atom is -0.454 e. The molecule has 8 unspecified atom stereocenters. The van der Waals surface area contributed by atoms with E-state index in [4.69, 9.17) is 14.2 Å². The summed E-state index contributed by atoms with van der Waals surface area (Å²) >= 11 is 0. The first-order chi connectivity index (χ1) is 39.7. The number of esters is 1. The second kappa shape index (κ2) is 56.8. The smallest absolute Gasteiger partial charge is 0.306 e. The molecule has 0 bridgehead atoms. The van der Waals surface area contributed by atoms with Gasteiger partial charge < -0.3 is 45.1 Å². The molecule has 0 aromatic rings. The van der Waals surface area contributed by atoms with Gasteiger partial charge in [0, 0.05) is 6.42 Å². The number of ether oxygens (including phenoxy) is 3. The number of hydrogen-bond acceptors (Lipinski definition) is 10. The van der Waals surface area contributed by atoms with E-state index in [0.717, 1.165) is 135 Å². The minimum absolute atomic E-state index is 0.108. The van der Waals surface area contributed by atoms with Gasteiger partial charge in [0.05, 0.1) is 25.4 Å². The molecule has 81 heavy (non-hydrogen) atoms. The summed E-state index contributed by atoms with van der Waals surface area (Å²) in [4.78, 5) is 26.6. The van der Waals surface area contributed by atoms with Gasteiger partial charge in [0.25, 0.3) is 0 Å². The molecule has 1 amide bonds. The largest absolute Gasteiger partial charge is 0.454 e. The average Bonchev–Trinajstić information content (AvgIpc) is 3.50. The zero-order valence-corrected chi connectivity index (χ0v) is 51.4. The number of carbonyl (C=O) groups excluding carboxylic acids is 2. The van der Waals surface area contributed by atoms with Crippen LogP contribution in [0, 0.1) is 0 Å². The lowest BCUT2D eigenvalue weighted by molar-refractivity contribution is -0.305. The summed E-state index contributed by atoms with van der Waals surface area (Å²) < 4.78 is 17.6. The molecule has 6 N–H and O–H groups in total. The Hall–Kier alpha value is -3.68. The van der Waals surface area contributed by atoms with Gasteiger partial charge in [-0.25, -0.2) is 0 Å². The summed E-state index contributed by atoms with van der Waals surface area (Å²) in [6, 6.07) is -1.04. The van der Waals surface area contributed by atoms with Crippen LogP contribution in [0.2, 0.25) is 0 Å². The van der Waals surface area contributed by atoms with E-state index in [0.29, 0.717) is 12.8 Å². The molecule has 1 saturated heterocycles. The molecule has 464 valence electrons. The number of hydrogen-bond donors (Lipinski definition) is 6. The van der Waals surface area contributed by atoms with Crippen LogP contribution < -0.4 is 5.32 Å². The SMILES string of the molecule is CC/C=C\C/C=C\C/C=C\C/C=C\C/C=C\C/C=C\CCCCCCCC(O)C(=O)NC(COC1OC(CO)C(O)C(O)C1OC(=O)CCCCCCCCC/C=C\C/C=C\CCCCC)C(O)/C=C/CCCCCCCCCCC. The normalized spacial score (nSPS) is 19.4. The van der Waals surface area contributed by atoms with Crippen LogP contribution in [-0.4, -0.2) is 99.6 Å². The van der Waals surface area contributed by atoms with Gasteiger partial charge in [0.2, 0.25) is 5.91 Å². The first-order valence-electron chi connectivity index (χ1n) is 32.7. The summed E-state index contributed by atoms with van der Waals surface area (Å²) in [5, 5.41) is 57.0. The van der Waals surface area contributed by atoms with Crippen molar-refractivity contribution in [1.29, 1.82) is 0 Å². The molecule has 1 rings (SSSR count). The molecular formula is C70H119NO10. The lowest BCUT2D eigenvalue weighted by Crippen LogP contribution is -2.61. The third-order valence-electron chi connectivity index (χ3n) is 14.7. The number of aliphatic hydroxyl groups excluding tert-OH is 5. The van der Waals surface area contributed by atoms with Crippen molar-refractivity contribution in [2.75, 3.05) is 13.2 Å². The van der Waals surface area contributed by atoms with Gasteiger partial charge in [0.1, 0.15) is 24.4 Å². The van der Waals surface area contributed by atoms with Crippen molar-refractivity contribution in [3.63, 3.8) is 0 Å². The van der Waals surface area contributed by atoms with Gasteiger partial charge in [0.15, 0.2) is 12.4 Å². The van der Waals surface area contributed by atoms with Crippen LogP contribution in [0.3, 0.4) is 0 Å². The summed E-state index contributed by atoms with van der Waals surface area (Å²) in [5.74, 6) is -1.22. The maximum atomic E-state index is 13.4. The fraction of sp³-hybridized carbons (Fsp3) is 0.714. The number of unbranched alkanes of at least 4 members (excludes halogenated alkanes) is 24. The Kier molecular flexibility index (Phi) is 52.8. The van der Waals surface area contributed by atoms with E-state index in [2.05, 4.69) is 123 Å². The molecule has 1 aliphatic heterocycles. The van der Waals surface area contributed by atoms with Crippen molar-refractivity contribution >= 4 is 11.9 Å². The van der Waals surface area contributed by atoms with Gasteiger partial charge in [-0.2, -0.15) is 0 Å². The van der Waals surface area contributed by atoms with E-state index >= 15 is 0 Å². The Morgan fingerprint density at radius 2 is 0.889 bits per heavy atom. The molecular weight excluding hydrogens is 1010 g/mol. The van der Waals surface area contributed by atoms with Gasteiger partial charge in [-0.05, 0) is 109 Å².